The Hall–Kier alpha value is -0.557. The average molecular weight is 219 g/mol. The number of aliphatic imine (C=N–C) groups is 2. The monoisotopic (exact) mass is 220 g/mol. The number of rotatable bonds is 0. The number of allylic oxidation sites excluding steroid dienone is 2. The molecule has 2 nitrogen and oxygen atoms in total. The summed E-state index contributed by atoms with van der Waals surface area (Å²) in [6, 6.07) is 0.218. The summed E-state index contributed by atoms with van der Waals surface area (Å²) in [6.45, 7) is 0. The molecular formula is C7H6N2Ru. The van der Waals surface area contributed by atoms with Gasteiger partial charge in [-0.15, -0.1) is 0 Å². The van der Waals surface area contributed by atoms with Gasteiger partial charge in [0, 0.05) is 19.5 Å². The maximum atomic E-state index is 4.09. The van der Waals surface area contributed by atoms with E-state index in [1.165, 1.54) is 0 Å². The zero-order valence-corrected chi connectivity index (χ0v) is 6.95. The van der Waals surface area contributed by atoms with Gasteiger partial charge in [-0.1, -0.05) is 18.2 Å². The van der Waals surface area contributed by atoms with Gasteiger partial charge in [-0.3, -0.25) is 4.99 Å². The van der Waals surface area contributed by atoms with Crippen LogP contribution in [0.15, 0.2) is 34.3 Å². The molecule has 0 radical (unpaired) electrons. The maximum Gasteiger partial charge on any atom is 0.112 e. The Morgan fingerprint density at radius 1 is 1.30 bits per heavy atom. The van der Waals surface area contributed by atoms with E-state index in [1.54, 1.807) is 6.34 Å². The molecule has 0 aromatic heterocycles. The van der Waals surface area contributed by atoms with Gasteiger partial charge in [-0.05, 0) is 6.08 Å². The maximum absolute atomic E-state index is 4.09. The van der Waals surface area contributed by atoms with Crippen molar-refractivity contribution >= 4 is 12.1 Å². The molecule has 0 saturated carbocycles. The molecule has 0 fully saturated rings. The molecular weight excluding hydrogens is 213 g/mol. The molecule has 0 amide bonds. The van der Waals surface area contributed by atoms with Crippen molar-refractivity contribution in [2.24, 2.45) is 9.98 Å². The van der Waals surface area contributed by atoms with E-state index in [9.17, 15) is 0 Å². The van der Waals surface area contributed by atoms with Gasteiger partial charge in [0.25, 0.3) is 0 Å². The Morgan fingerprint density at radius 3 is 3.00 bits per heavy atom. The summed E-state index contributed by atoms with van der Waals surface area (Å²) in [5.41, 5.74) is 1.05. The molecule has 52 valence electrons. The summed E-state index contributed by atoms with van der Waals surface area (Å²) in [6.07, 6.45) is 9.59. The van der Waals surface area contributed by atoms with Crippen LogP contribution in [0, 0.1) is 0 Å². The van der Waals surface area contributed by atoms with Gasteiger partial charge in [0.05, 0.1) is 5.71 Å². The molecule has 1 aliphatic heterocycles. The van der Waals surface area contributed by atoms with Crippen LogP contribution in [0.4, 0.5) is 0 Å². The molecule has 1 atom stereocenters. The van der Waals surface area contributed by atoms with E-state index in [-0.39, 0.29) is 25.5 Å². The Morgan fingerprint density at radius 2 is 2.20 bits per heavy atom. The molecule has 10 heavy (non-hydrogen) atoms. The molecule has 0 spiro atoms. The summed E-state index contributed by atoms with van der Waals surface area (Å²) >= 11 is 0. The fourth-order valence-corrected chi connectivity index (χ4v) is 0.938. The van der Waals surface area contributed by atoms with E-state index < -0.39 is 0 Å². The smallest absolute Gasteiger partial charge is 0.112 e. The summed E-state index contributed by atoms with van der Waals surface area (Å²) < 4.78 is 0. The third-order valence-electron chi connectivity index (χ3n) is 1.41. The van der Waals surface area contributed by atoms with Crippen LogP contribution in [-0.2, 0) is 19.5 Å². The molecule has 0 saturated heterocycles. The van der Waals surface area contributed by atoms with Crippen molar-refractivity contribution in [2.45, 2.75) is 6.04 Å². The first-order valence-electron chi connectivity index (χ1n) is 2.91. The molecule has 0 bridgehead atoms. The Balaban J connectivity index is 0.000000500. The molecule has 1 heterocycles. The third-order valence-corrected chi connectivity index (χ3v) is 1.41. The van der Waals surface area contributed by atoms with E-state index >= 15 is 0 Å². The van der Waals surface area contributed by atoms with Crippen molar-refractivity contribution in [2.75, 3.05) is 0 Å². The van der Waals surface area contributed by atoms with Crippen molar-refractivity contribution in [3.05, 3.63) is 24.3 Å². The standard InChI is InChI=1S/C7H6N2.Ru/c1-2-4-7-6(3-1)8-5-9-7;/h1-6H;. The molecule has 0 N–H and O–H groups in total. The van der Waals surface area contributed by atoms with E-state index in [1.807, 2.05) is 24.3 Å². The van der Waals surface area contributed by atoms with Crippen molar-refractivity contribution in [1.82, 2.24) is 0 Å². The van der Waals surface area contributed by atoms with E-state index in [2.05, 4.69) is 9.98 Å². The van der Waals surface area contributed by atoms with Gasteiger partial charge >= 0.3 is 0 Å². The van der Waals surface area contributed by atoms with Crippen LogP contribution >= 0.6 is 0 Å². The molecule has 1 aliphatic carbocycles. The number of hydrogen-bond donors (Lipinski definition) is 0. The quantitative estimate of drug-likeness (QED) is 0.542. The van der Waals surface area contributed by atoms with Gasteiger partial charge in [0.2, 0.25) is 0 Å². The van der Waals surface area contributed by atoms with Crippen molar-refractivity contribution in [3.8, 4) is 0 Å². The van der Waals surface area contributed by atoms with Gasteiger partial charge in [-0.25, -0.2) is 4.99 Å². The SMILES string of the molecule is C1=CC2=NC=NC2C=C1.[Ru]. The van der Waals surface area contributed by atoms with Crippen LogP contribution < -0.4 is 0 Å². The van der Waals surface area contributed by atoms with E-state index in [0.717, 1.165) is 5.71 Å². The minimum absolute atomic E-state index is 0. The molecule has 2 aliphatic rings. The third kappa shape index (κ3) is 1.14. The zero-order valence-electron chi connectivity index (χ0n) is 5.21. The minimum atomic E-state index is 0. The predicted molar refractivity (Wildman–Crippen MR) is 38.0 cm³/mol. The van der Waals surface area contributed by atoms with Gasteiger partial charge in [0.1, 0.15) is 12.4 Å². The molecule has 0 aromatic rings. The topological polar surface area (TPSA) is 24.7 Å². The van der Waals surface area contributed by atoms with Crippen molar-refractivity contribution in [3.63, 3.8) is 0 Å². The Labute approximate surface area is 72.2 Å². The first kappa shape index (κ1) is 7.55. The summed E-state index contributed by atoms with van der Waals surface area (Å²) in [4.78, 5) is 8.14. The second kappa shape index (κ2) is 3.02. The average Bonchev–Trinajstić information content (AvgIpc) is 2.33. The first-order chi connectivity index (χ1) is 4.47. The van der Waals surface area contributed by atoms with E-state index in [4.69, 9.17) is 0 Å². The summed E-state index contributed by atoms with van der Waals surface area (Å²) in [5.74, 6) is 0. The molecule has 0 aromatic carbocycles. The summed E-state index contributed by atoms with van der Waals surface area (Å²) in [5, 5.41) is 0. The Kier molecular flexibility index (Phi) is 2.28. The largest absolute Gasteiger partial charge is 0.260 e. The van der Waals surface area contributed by atoms with Crippen LogP contribution in [0.2, 0.25) is 0 Å². The fourth-order valence-electron chi connectivity index (χ4n) is 0.938. The minimum Gasteiger partial charge on any atom is -0.260 e. The summed E-state index contributed by atoms with van der Waals surface area (Å²) in [7, 11) is 0. The fraction of sp³-hybridized carbons (Fsp3) is 0.143. The Bertz CT molecular complexity index is 238. The van der Waals surface area contributed by atoms with Crippen LogP contribution in [0.5, 0.6) is 0 Å². The second-order valence-electron chi connectivity index (χ2n) is 2.01. The van der Waals surface area contributed by atoms with Gasteiger partial charge < -0.3 is 0 Å². The molecule has 2 rings (SSSR count). The van der Waals surface area contributed by atoms with Crippen LogP contribution in [0.25, 0.3) is 0 Å². The van der Waals surface area contributed by atoms with Crippen LogP contribution in [0.1, 0.15) is 0 Å². The van der Waals surface area contributed by atoms with Gasteiger partial charge in [0.15, 0.2) is 0 Å². The zero-order chi connectivity index (χ0) is 6.10. The molecule has 1 unspecified atom stereocenters. The number of fused-ring (bicyclic) bond motifs is 1. The van der Waals surface area contributed by atoms with Crippen LogP contribution in [-0.4, -0.2) is 18.1 Å². The number of nitrogens with zero attached hydrogens (tertiary/aromatic N) is 2. The first-order valence-corrected chi connectivity index (χ1v) is 2.91. The van der Waals surface area contributed by atoms with Gasteiger partial charge in [-0.2, -0.15) is 0 Å². The van der Waals surface area contributed by atoms with E-state index in [0.29, 0.717) is 0 Å². The number of hydrogen-bond acceptors (Lipinski definition) is 2. The normalized spacial score (nSPS) is 25.6. The second-order valence-corrected chi connectivity index (χ2v) is 2.01. The molecule has 3 heteroatoms. The van der Waals surface area contributed by atoms with Crippen molar-refractivity contribution in [1.29, 1.82) is 0 Å². The predicted octanol–water partition coefficient (Wildman–Crippen LogP) is 0.961. The van der Waals surface area contributed by atoms with Crippen molar-refractivity contribution < 1.29 is 19.5 Å². The van der Waals surface area contributed by atoms with Crippen LogP contribution in [0.3, 0.4) is 0 Å².